The molecule has 0 spiro atoms. The third kappa shape index (κ3) is 16.1. The molecule has 2 aliphatic heterocycles. The number of para-hydroxylation sites is 1. The number of aliphatic carboxylic acids is 1. The van der Waals surface area contributed by atoms with Crippen LogP contribution >= 0.6 is 11.6 Å². The number of primary amides is 1. The predicted molar refractivity (Wildman–Crippen MR) is 345 cm³/mol. The van der Waals surface area contributed by atoms with E-state index < -0.39 is 23.6 Å². The number of benzene rings is 5. The number of aryl methyl sites for hydroxylation is 2. The maximum atomic E-state index is 14.0. The quantitative estimate of drug-likeness (QED) is 0.0464. The first-order chi connectivity index (χ1) is 44.1. The van der Waals surface area contributed by atoms with Gasteiger partial charge in [0, 0.05) is 122 Å². The molecule has 92 heavy (non-hydrogen) atoms. The highest BCUT2D eigenvalue weighted by Gasteiger charge is 2.35. The topological polar surface area (TPSA) is 227 Å². The number of likely N-dealkylation sites (N-methyl/N-ethyl adjacent to an activating group) is 1. The maximum Gasteiger partial charge on any atom is 0.416 e. The van der Waals surface area contributed by atoms with E-state index in [2.05, 4.69) is 42.1 Å². The van der Waals surface area contributed by atoms with E-state index in [1.807, 2.05) is 69.1 Å². The number of hydrogen-bond donors (Lipinski definition) is 4. The molecule has 12 rings (SSSR count). The molecule has 17 nitrogen and oxygen atoms in total. The number of amides is 2. The highest BCUT2D eigenvalue weighted by Crippen LogP contribution is 2.39. The van der Waals surface area contributed by atoms with E-state index in [4.69, 9.17) is 31.9 Å². The number of aromatic amines is 1. The Hall–Kier alpha value is -9.68. The van der Waals surface area contributed by atoms with Crippen molar-refractivity contribution in [2.45, 2.75) is 90.8 Å². The number of fused-ring (bicyclic) bond motifs is 3. The van der Waals surface area contributed by atoms with Gasteiger partial charge in [-0.25, -0.2) is 9.50 Å². The van der Waals surface area contributed by atoms with E-state index in [1.54, 1.807) is 83.8 Å². The molecule has 2 fully saturated rings. The van der Waals surface area contributed by atoms with Crippen molar-refractivity contribution in [3.05, 3.63) is 211 Å². The molecular formula is C71H69ClF3N9O8. The number of Topliss-reactive ketones (excluding diaryl/α,β-unsaturated/α-hetero) is 2. The third-order valence-corrected chi connectivity index (χ3v) is 17.1. The number of nitrogens with one attached hydrogen (secondary N) is 2. The van der Waals surface area contributed by atoms with E-state index in [-0.39, 0.29) is 53.9 Å². The molecule has 5 aromatic carbocycles. The Bertz CT molecular complexity index is 4350. The third-order valence-electron chi connectivity index (χ3n) is 16.7. The molecule has 1 unspecified atom stereocenters. The molecule has 6 heterocycles. The summed E-state index contributed by atoms with van der Waals surface area (Å²) in [6.07, 6.45) is 4.73. The van der Waals surface area contributed by atoms with Crippen LogP contribution in [0.3, 0.4) is 0 Å². The van der Waals surface area contributed by atoms with Gasteiger partial charge in [0.2, 0.25) is 5.91 Å². The van der Waals surface area contributed by atoms with Crippen LogP contribution in [-0.2, 0) is 52.8 Å². The SMILES string of the molecule is COc1cc2nccc(Oc3ccc(CC(=O)CC4CC4)c(Cl)c3)c2cc1C(N)=O.Cc1[nH]c(CC2C(=O)Nc3ccccc32)c(C)c1CCC(=O)O.Cc1ccc(C(=O)Cc2ccc(CN3CCN(C)CC3)c(C(F)(F)F)c2)cc1C#Cc1cnc2cccnn12. The fourth-order valence-corrected chi connectivity index (χ4v) is 11.6. The number of piperazine rings is 1. The molecule has 1 atom stereocenters. The van der Waals surface area contributed by atoms with Gasteiger partial charge in [0.25, 0.3) is 5.91 Å². The Morgan fingerprint density at radius 2 is 1.62 bits per heavy atom. The molecule has 0 radical (unpaired) electrons. The second kappa shape index (κ2) is 28.6. The van der Waals surface area contributed by atoms with Crippen LogP contribution in [0.4, 0.5) is 18.9 Å². The summed E-state index contributed by atoms with van der Waals surface area (Å²) in [6, 6.07) is 31.0. The number of carboxylic acid groups (broad SMARTS) is 1. The van der Waals surface area contributed by atoms with E-state index in [0.29, 0.717) is 92.8 Å². The number of nitrogens with zero attached hydrogens (tertiary/aromatic N) is 6. The molecule has 1 aliphatic carbocycles. The van der Waals surface area contributed by atoms with Crippen molar-refractivity contribution in [2.24, 2.45) is 11.7 Å². The standard InChI is InChI=1S/C30H28F3N5O.C23H21ClN2O4.C18H20N2O3/c1-21-5-7-24(18-23(21)9-10-26-19-34-29-4-3-11-35-38(26)29)28(39)17-22-6-8-25(27(16-22)30(31,32)33)20-37-14-12-36(2)13-15-37;1-29-22-12-20-17(11-18(22)23(25)28)21(6-7-26-20)30-16-5-4-14(19(24)10-16)9-15(27)8-13-2-3-13;1-10-12(7-8-17(21)22)11(2)19-16(10)9-14-13-5-3-4-6-15(13)20-18(14)23/h3-8,11,16,18-19H,12-15,17,20H2,1-2H3;4-7,10-13H,2-3,8-9H2,1H3,(H2,25,28);3-6,14,19H,7-9H2,1-2H3,(H,20,23)(H,21,22). The fourth-order valence-electron chi connectivity index (χ4n) is 11.4. The highest BCUT2D eigenvalue weighted by molar-refractivity contribution is 6.31. The van der Waals surface area contributed by atoms with E-state index >= 15 is 0 Å². The number of ether oxygens (including phenoxy) is 2. The van der Waals surface area contributed by atoms with Crippen LogP contribution in [0, 0.1) is 38.5 Å². The lowest BCUT2D eigenvalue weighted by Gasteiger charge is -2.33. The monoisotopic (exact) mass is 1270 g/mol. The minimum absolute atomic E-state index is 0.0185. The summed E-state index contributed by atoms with van der Waals surface area (Å²) in [5.74, 6) is 6.42. The van der Waals surface area contributed by atoms with E-state index in [9.17, 15) is 37.1 Å². The van der Waals surface area contributed by atoms with Crippen LogP contribution < -0.4 is 20.5 Å². The van der Waals surface area contributed by atoms with Crippen LogP contribution in [0.2, 0.25) is 5.02 Å². The molecule has 0 bridgehead atoms. The van der Waals surface area contributed by atoms with Gasteiger partial charge in [0.15, 0.2) is 11.4 Å². The summed E-state index contributed by atoms with van der Waals surface area (Å²) in [5, 5.41) is 17.1. The number of aromatic nitrogens is 5. The number of halogens is 4. The summed E-state index contributed by atoms with van der Waals surface area (Å²) >= 11 is 6.39. The van der Waals surface area contributed by atoms with Crippen LogP contribution in [0.25, 0.3) is 16.6 Å². The number of methoxy groups -OCH3 is 1. The zero-order chi connectivity index (χ0) is 65.4. The molecule has 4 aromatic heterocycles. The maximum absolute atomic E-state index is 14.0. The second-order valence-electron chi connectivity index (χ2n) is 23.4. The molecule has 21 heteroatoms. The van der Waals surface area contributed by atoms with E-state index in [1.165, 1.54) is 13.2 Å². The lowest BCUT2D eigenvalue weighted by molar-refractivity contribution is -0.139. The molecule has 474 valence electrons. The lowest BCUT2D eigenvalue weighted by atomic mass is 9.93. The zero-order valence-corrected chi connectivity index (χ0v) is 52.3. The van der Waals surface area contributed by atoms with Crippen molar-refractivity contribution in [3.63, 3.8) is 0 Å². The molecule has 5 N–H and O–H groups in total. The molecule has 1 saturated carbocycles. The van der Waals surface area contributed by atoms with Gasteiger partial charge in [-0.2, -0.15) is 18.3 Å². The van der Waals surface area contributed by atoms with Crippen LogP contribution in [0.5, 0.6) is 17.2 Å². The van der Waals surface area contributed by atoms with Crippen LogP contribution in [0.1, 0.15) is 119 Å². The molecular weight excluding hydrogens is 1200 g/mol. The van der Waals surface area contributed by atoms with Crippen LogP contribution in [0.15, 0.2) is 128 Å². The minimum atomic E-state index is -4.50. The van der Waals surface area contributed by atoms with Crippen LogP contribution in [-0.4, -0.2) is 109 Å². The number of imidazole rings is 1. The normalized spacial score (nSPS) is 14.7. The number of anilines is 1. The number of carboxylic acids is 1. The average molecular weight is 1270 g/mol. The highest BCUT2D eigenvalue weighted by atomic mass is 35.5. The lowest BCUT2D eigenvalue weighted by Crippen LogP contribution is -2.44. The summed E-state index contributed by atoms with van der Waals surface area (Å²) in [6.45, 7) is 9.17. The Balaban J connectivity index is 0.000000157. The number of alkyl halides is 3. The summed E-state index contributed by atoms with van der Waals surface area (Å²) in [4.78, 5) is 76.2. The van der Waals surface area contributed by atoms with Gasteiger partial charge < -0.3 is 35.5 Å². The summed E-state index contributed by atoms with van der Waals surface area (Å²) < 4.78 is 54.8. The number of carbonyl (C=O) groups is 5. The largest absolute Gasteiger partial charge is 0.496 e. The van der Waals surface area contributed by atoms with Crippen molar-refractivity contribution in [1.29, 1.82) is 0 Å². The number of nitrogens with two attached hydrogens (primary N) is 1. The second-order valence-corrected chi connectivity index (χ2v) is 23.8. The van der Waals surface area contributed by atoms with Gasteiger partial charge in [-0.3, -0.25) is 33.9 Å². The number of H-pyrrole nitrogens is 1. The molecule has 2 amide bonds. The molecule has 3 aliphatic rings. The summed E-state index contributed by atoms with van der Waals surface area (Å²) in [5.41, 5.74) is 16.2. The number of hydrogen-bond acceptors (Lipinski definition) is 12. The van der Waals surface area contributed by atoms with Gasteiger partial charge in [-0.15, -0.1) is 0 Å². The van der Waals surface area contributed by atoms with Crippen molar-refractivity contribution in [3.8, 4) is 29.1 Å². The Labute approximate surface area is 535 Å². The van der Waals surface area contributed by atoms with Crippen molar-refractivity contribution < 1.29 is 51.7 Å². The Morgan fingerprint density at radius 3 is 2.35 bits per heavy atom. The molecule has 9 aromatic rings. The van der Waals surface area contributed by atoms with Gasteiger partial charge in [-0.05, 0) is 152 Å². The van der Waals surface area contributed by atoms with E-state index in [0.717, 1.165) is 90.0 Å². The molecule has 1 saturated heterocycles. The number of carbonyl (C=O) groups excluding carboxylic acids is 4. The number of pyridine rings is 1. The first kappa shape index (κ1) is 65.3. The number of rotatable bonds is 18. The zero-order valence-electron chi connectivity index (χ0n) is 51.5. The minimum Gasteiger partial charge on any atom is -0.496 e. The summed E-state index contributed by atoms with van der Waals surface area (Å²) in [7, 11) is 3.47. The fraction of sp³-hybridized carbons (Fsp3) is 0.296. The van der Waals surface area contributed by atoms with Gasteiger partial charge >= 0.3 is 12.1 Å². The van der Waals surface area contributed by atoms with Gasteiger partial charge in [-0.1, -0.05) is 66.1 Å². The van der Waals surface area contributed by atoms with Crippen molar-refractivity contribution >= 4 is 63.2 Å². The number of ketones is 2. The van der Waals surface area contributed by atoms with Gasteiger partial charge in [0.1, 0.15) is 28.7 Å². The van der Waals surface area contributed by atoms with Crippen molar-refractivity contribution in [1.82, 2.24) is 34.4 Å². The first-order valence-corrected chi connectivity index (χ1v) is 30.5. The average Bonchev–Trinajstić information content (AvgIpc) is 1.64. The smallest absolute Gasteiger partial charge is 0.416 e. The predicted octanol–water partition coefficient (Wildman–Crippen LogP) is 12.3. The van der Waals surface area contributed by atoms with Crippen molar-refractivity contribution in [2.75, 3.05) is 45.7 Å². The Kier molecular flexibility index (Phi) is 20.3. The van der Waals surface area contributed by atoms with Gasteiger partial charge in [0.05, 0.1) is 35.9 Å². The Morgan fingerprint density at radius 1 is 0.848 bits per heavy atom. The first-order valence-electron chi connectivity index (χ1n) is 30.2.